The first kappa shape index (κ1) is 20.4. The van der Waals surface area contributed by atoms with Gasteiger partial charge in [0.15, 0.2) is 11.5 Å². The van der Waals surface area contributed by atoms with Gasteiger partial charge in [-0.3, -0.25) is 10.1 Å². The van der Waals surface area contributed by atoms with Crippen LogP contribution in [-0.2, 0) is 0 Å². The molecule has 0 aliphatic rings. The summed E-state index contributed by atoms with van der Waals surface area (Å²) in [6.07, 6.45) is 0. The minimum absolute atomic E-state index is 0.240. The van der Waals surface area contributed by atoms with Gasteiger partial charge in [0.25, 0.3) is 5.91 Å². The second-order valence-corrected chi connectivity index (χ2v) is 8.73. The molecule has 2 aromatic heterocycles. The van der Waals surface area contributed by atoms with Gasteiger partial charge in [0.05, 0.1) is 11.4 Å². The van der Waals surface area contributed by atoms with Crippen LogP contribution in [-0.4, -0.2) is 30.3 Å². The first-order valence-electron chi connectivity index (χ1n) is 9.36. The molecule has 4 rings (SSSR count). The Morgan fingerprint density at radius 3 is 2.47 bits per heavy atom. The molecule has 0 saturated carbocycles. The predicted octanol–water partition coefficient (Wildman–Crippen LogP) is 5.23. The van der Waals surface area contributed by atoms with Crippen LogP contribution in [0.4, 0.5) is 5.13 Å². The molecule has 30 heavy (non-hydrogen) atoms. The number of carbonyl (C=O) groups excluding carboxylic acids is 1. The highest BCUT2D eigenvalue weighted by Crippen LogP contribution is 2.25. The monoisotopic (exact) mass is 482 g/mol. The van der Waals surface area contributed by atoms with Gasteiger partial charge in [-0.2, -0.15) is 9.36 Å². The standard InChI is InChI=1S/C21H19BrN6OS/c1-12(2)14-6-10-17(11-7-14)28-13(3)18(25-27-28)19-23-21(30-26-19)24-20(29)15-4-8-16(22)9-5-15/h4-12H,1-3H3,(H,23,24,26,29). The van der Waals surface area contributed by atoms with E-state index >= 15 is 0 Å². The number of nitrogens with zero attached hydrogens (tertiary/aromatic N) is 5. The van der Waals surface area contributed by atoms with Crippen molar-refractivity contribution in [1.29, 1.82) is 0 Å². The topological polar surface area (TPSA) is 85.6 Å². The molecule has 0 atom stereocenters. The third kappa shape index (κ3) is 4.17. The van der Waals surface area contributed by atoms with Crippen molar-refractivity contribution in [2.24, 2.45) is 0 Å². The molecule has 0 aliphatic carbocycles. The van der Waals surface area contributed by atoms with Gasteiger partial charge < -0.3 is 0 Å². The van der Waals surface area contributed by atoms with Crippen molar-refractivity contribution in [3.8, 4) is 17.2 Å². The molecule has 9 heteroatoms. The van der Waals surface area contributed by atoms with Crippen molar-refractivity contribution in [3.05, 3.63) is 69.8 Å². The zero-order valence-electron chi connectivity index (χ0n) is 16.6. The second kappa shape index (κ2) is 8.45. The molecule has 0 aliphatic heterocycles. The van der Waals surface area contributed by atoms with Crippen molar-refractivity contribution in [2.45, 2.75) is 26.7 Å². The quantitative estimate of drug-likeness (QED) is 0.420. The maximum atomic E-state index is 12.4. The van der Waals surface area contributed by atoms with Crippen LogP contribution in [0, 0.1) is 6.92 Å². The summed E-state index contributed by atoms with van der Waals surface area (Å²) >= 11 is 4.47. The van der Waals surface area contributed by atoms with Gasteiger partial charge in [-0.25, -0.2) is 4.68 Å². The molecular formula is C21H19BrN6OS. The molecule has 1 N–H and O–H groups in total. The third-order valence-electron chi connectivity index (χ3n) is 4.66. The highest BCUT2D eigenvalue weighted by molar-refractivity contribution is 9.10. The SMILES string of the molecule is Cc1c(-c2nsc(NC(=O)c3ccc(Br)cc3)n2)nnn1-c1ccc(C(C)C)cc1. The summed E-state index contributed by atoms with van der Waals surface area (Å²) in [5, 5.41) is 11.7. The molecule has 1 amide bonds. The normalized spacial score (nSPS) is 11.1. The summed E-state index contributed by atoms with van der Waals surface area (Å²) in [4.78, 5) is 16.8. The Labute approximate surface area is 186 Å². The third-order valence-corrected chi connectivity index (χ3v) is 5.82. The van der Waals surface area contributed by atoms with Crippen molar-refractivity contribution in [3.63, 3.8) is 0 Å². The average Bonchev–Trinajstić information content (AvgIpc) is 3.34. The van der Waals surface area contributed by atoms with Gasteiger partial charge in [-0.15, -0.1) is 5.10 Å². The smallest absolute Gasteiger partial charge is 0.257 e. The van der Waals surface area contributed by atoms with Crippen LogP contribution in [0.1, 0.15) is 41.4 Å². The van der Waals surface area contributed by atoms with Crippen LogP contribution in [0.5, 0.6) is 0 Å². The summed E-state index contributed by atoms with van der Waals surface area (Å²) in [5.41, 5.74) is 4.15. The number of rotatable bonds is 5. The van der Waals surface area contributed by atoms with Gasteiger partial charge in [-0.1, -0.05) is 47.1 Å². The summed E-state index contributed by atoms with van der Waals surface area (Å²) in [6.45, 7) is 6.25. The average molecular weight is 483 g/mol. The molecule has 2 heterocycles. The molecule has 4 aromatic rings. The Kier molecular flexibility index (Phi) is 5.74. The number of halogens is 1. The first-order chi connectivity index (χ1) is 14.4. The van der Waals surface area contributed by atoms with E-state index in [2.05, 4.69) is 66.9 Å². The van der Waals surface area contributed by atoms with Gasteiger partial charge in [0.1, 0.15) is 0 Å². The van der Waals surface area contributed by atoms with Crippen LogP contribution < -0.4 is 5.32 Å². The van der Waals surface area contributed by atoms with Gasteiger partial charge in [-0.05, 0) is 54.8 Å². The lowest BCUT2D eigenvalue weighted by molar-refractivity contribution is 0.102. The van der Waals surface area contributed by atoms with E-state index in [0.29, 0.717) is 28.1 Å². The molecule has 0 bridgehead atoms. The highest BCUT2D eigenvalue weighted by atomic mass is 79.9. The Hall–Kier alpha value is -2.91. The van der Waals surface area contributed by atoms with E-state index in [1.54, 1.807) is 16.8 Å². The van der Waals surface area contributed by atoms with Crippen molar-refractivity contribution in [1.82, 2.24) is 24.4 Å². The van der Waals surface area contributed by atoms with Crippen molar-refractivity contribution >= 4 is 38.5 Å². The lowest BCUT2D eigenvalue weighted by atomic mass is 10.0. The first-order valence-corrected chi connectivity index (χ1v) is 10.9. The molecule has 152 valence electrons. The number of hydrogen-bond donors (Lipinski definition) is 1. The maximum Gasteiger partial charge on any atom is 0.257 e. The molecule has 2 aromatic carbocycles. The Bertz CT molecular complexity index is 1180. The summed E-state index contributed by atoms with van der Waals surface area (Å²) in [6, 6.07) is 15.3. The summed E-state index contributed by atoms with van der Waals surface area (Å²) < 4.78 is 7.02. The summed E-state index contributed by atoms with van der Waals surface area (Å²) in [7, 11) is 0. The molecule has 0 saturated heterocycles. The summed E-state index contributed by atoms with van der Waals surface area (Å²) in [5.74, 6) is 0.668. The number of hydrogen-bond acceptors (Lipinski definition) is 6. The van der Waals surface area contributed by atoms with Gasteiger partial charge >= 0.3 is 0 Å². The van der Waals surface area contributed by atoms with E-state index in [0.717, 1.165) is 27.4 Å². The van der Waals surface area contributed by atoms with Crippen LogP contribution >= 0.6 is 27.5 Å². The highest BCUT2D eigenvalue weighted by Gasteiger charge is 2.18. The molecular weight excluding hydrogens is 464 g/mol. The number of carbonyl (C=O) groups is 1. The number of aromatic nitrogens is 5. The molecule has 7 nitrogen and oxygen atoms in total. The van der Waals surface area contributed by atoms with Crippen LogP contribution in [0.3, 0.4) is 0 Å². The van der Waals surface area contributed by atoms with Crippen LogP contribution in [0.2, 0.25) is 0 Å². The molecule has 0 fully saturated rings. The minimum atomic E-state index is -0.240. The zero-order valence-corrected chi connectivity index (χ0v) is 19.0. The molecule has 0 spiro atoms. The predicted molar refractivity (Wildman–Crippen MR) is 121 cm³/mol. The van der Waals surface area contributed by atoms with Crippen molar-refractivity contribution in [2.75, 3.05) is 5.32 Å². The number of amides is 1. The van der Waals surface area contributed by atoms with E-state index in [9.17, 15) is 4.79 Å². The van der Waals surface area contributed by atoms with E-state index in [4.69, 9.17) is 0 Å². The number of benzene rings is 2. The zero-order chi connectivity index (χ0) is 21.3. The largest absolute Gasteiger partial charge is 0.297 e. The van der Waals surface area contributed by atoms with Crippen molar-refractivity contribution < 1.29 is 4.79 Å². The van der Waals surface area contributed by atoms with E-state index in [-0.39, 0.29) is 5.91 Å². The van der Waals surface area contributed by atoms with E-state index in [1.807, 2.05) is 31.2 Å². The fourth-order valence-corrected chi connectivity index (χ4v) is 3.75. The second-order valence-electron chi connectivity index (χ2n) is 7.07. The fourth-order valence-electron chi connectivity index (χ4n) is 2.92. The van der Waals surface area contributed by atoms with E-state index < -0.39 is 0 Å². The Morgan fingerprint density at radius 2 is 1.80 bits per heavy atom. The molecule has 0 radical (unpaired) electrons. The number of nitrogens with one attached hydrogen (secondary N) is 1. The maximum absolute atomic E-state index is 12.4. The Morgan fingerprint density at radius 1 is 1.10 bits per heavy atom. The lowest BCUT2D eigenvalue weighted by Gasteiger charge is -2.07. The van der Waals surface area contributed by atoms with Crippen LogP contribution in [0.15, 0.2) is 53.0 Å². The van der Waals surface area contributed by atoms with E-state index in [1.165, 1.54) is 5.56 Å². The number of anilines is 1. The van der Waals surface area contributed by atoms with Gasteiger partial charge in [0.2, 0.25) is 5.13 Å². The fraction of sp³-hybridized carbons (Fsp3) is 0.190. The van der Waals surface area contributed by atoms with Gasteiger partial charge in [0, 0.05) is 21.6 Å². The van der Waals surface area contributed by atoms with Crippen LogP contribution in [0.25, 0.3) is 17.2 Å². The minimum Gasteiger partial charge on any atom is -0.297 e. The lowest BCUT2D eigenvalue weighted by Crippen LogP contribution is -2.11. The Balaban J connectivity index is 1.54. The molecule has 0 unspecified atom stereocenters.